The van der Waals surface area contributed by atoms with Gasteiger partial charge in [-0.2, -0.15) is 0 Å². The second kappa shape index (κ2) is 5.11. The van der Waals surface area contributed by atoms with Crippen LogP contribution in [-0.2, 0) is 4.57 Å². The van der Waals surface area contributed by atoms with Crippen molar-refractivity contribution in [3.05, 3.63) is 60.7 Å². The Morgan fingerprint density at radius 1 is 0.783 bits per heavy atom. The van der Waals surface area contributed by atoms with Crippen LogP contribution in [0.25, 0.3) is 32.6 Å². The van der Waals surface area contributed by atoms with E-state index in [0.29, 0.717) is 21.8 Å². The summed E-state index contributed by atoms with van der Waals surface area (Å²) in [6, 6.07) is 17.6. The van der Waals surface area contributed by atoms with Crippen LogP contribution in [0.3, 0.4) is 0 Å². The summed E-state index contributed by atoms with van der Waals surface area (Å²) in [5, 5.41) is 22.1. The lowest BCUT2D eigenvalue weighted by molar-refractivity contribution is 0.405. The molecule has 0 fully saturated rings. The van der Waals surface area contributed by atoms with Gasteiger partial charge in [-0.25, -0.2) is 4.20 Å². The maximum atomic E-state index is 12.6. The van der Waals surface area contributed by atoms with E-state index in [1.165, 1.54) is 6.07 Å². The molecular formula is C18H12O4P+. The zero-order chi connectivity index (χ0) is 16.0. The van der Waals surface area contributed by atoms with Gasteiger partial charge in [0.05, 0.1) is 0 Å². The summed E-state index contributed by atoms with van der Waals surface area (Å²) in [5.41, 5.74) is 1.60. The topological polar surface area (TPSA) is 70.7 Å². The van der Waals surface area contributed by atoms with E-state index >= 15 is 0 Å². The molecule has 0 aliphatic heterocycles. The van der Waals surface area contributed by atoms with Crippen LogP contribution in [0.15, 0.2) is 64.9 Å². The standard InChI is InChI=1S/C18H11O4P/c19-15-9-4-6-12(17(15)20)14-8-3-7-13-11-5-1-2-10-16(11)22-23(21)18(13)14/h1-10H,(H-,19,20,21)/p+1. The number of para-hydroxylation sites is 2. The molecule has 1 aromatic heterocycles. The number of phenols is 2. The highest BCUT2D eigenvalue weighted by Gasteiger charge is 2.23. The van der Waals surface area contributed by atoms with Crippen molar-refractivity contribution in [3.8, 4) is 22.6 Å². The van der Waals surface area contributed by atoms with E-state index in [1.807, 2.05) is 30.3 Å². The summed E-state index contributed by atoms with van der Waals surface area (Å²) in [7, 11) is -2.10. The van der Waals surface area contributed by atoms with Crippen LogP contribution in [0, 0.1) is 0 Å². The highest BCUT2D eigenvalue weighted by Crippen LogP contribution is 2.45. The zero-order valence-electron chi connectivity index (χ0n) is 11.9. The third-order valence-corrected chi connectivity index (χ3v) is 5.09. The fourth-order valence-electron chi connectivity index (χ4n) is 2.83. The van der Waals surface area contributed by atoms with Gasteiger partial charge in [0.1, 0.15) is 0 Å². The molecule has 0 aliphatic carbocycles. The molecule has 3 aromatic carbocycles. The highest BCUT2D eigenvalue weighted by atomic mass is 31.1. The SMILES string of the molecule is O=[p+]1oc2ccccc2c2cccc(-c3cccc(O)c3O)c21. The lowest BCUT2D eigenvalue weighted by atomic mass is 10.0. The van der Waals surface area contributed by atoms with Crippen LogP contribution in [0.4, 0.5) is 0 Å². The molecule has 0 aliphatic rings. The van der Waals surface area contributed by atoms with Gasteiger partial charge in [-0.05, 0) is 28.8 Å². The smallest absolute Gasteiger partial charge is 0.504 e. The van der Waals surface area contributed by atoms with Gasteiger partial charge >= 0.3 is 7.65 Å². The minimum Gasteiger partial charge on any atom is -0.504 e. The van der Waals surface area contributed by atoms with E-state index < -0.39 is 7.65 Å². The first-order chi connectivity index (χ1) is 11.2. The van der Waals surface area contributed by atoms with Gasteiger partial charge in [-0.1, -0.05) is 36.4 Å². The molecule has 1 unspecified atom stereocenters. The van der Waals surface area contributed by atoms with E-state index in [4.69, 9.17) is 4.20 Å². The van der Waals surface area contributed by atoms with Crippen LogP contribution in [-0.4, -0.2) is 10.2 Å². The van der Waals surface area contributed by atoms with Gasteiger partial charge in [0.25, 0.3) is 0 Å². The van der Waals surface area contributed by atoms with Crippen molar-refractivity contribution >= 4 is 29.1 Å². The van der Waals surface area contributed by atoms with Gasteiger partial charge < -0.3 is 10.2 Å². The number of hydrogen-bond acceptors (Lipinski definition) is 4. The minimum absolute atomic E-state index is 0.215. The van der Waals surface area contributed by atoms with Crippen LogP contribution >= 0.6 is 7.65 Å². The van der Waals surface area contributed by atoms with Gasteiger partial charge in [0, 0.05) is 21.9 Å². The molecule has 0 spiro atoms. The Morgan fingerprint density at radius 2 is 1.48 bits per heavy atom. The summed E-state index contributed by atoms with van der Waals surface area (Å²) < 4.78 is 18.2. The van der Waals surface area contributed by atoms with Crippen molar-refractivity contribution in [2.75, 3.05) is 0 Å². The summed E-state index contributed by atoms with van der Waals surface area (Å²) in [6.45, 7) is 0. The van der Waals surface area contributed by atoms with Crippen molar-refractivity contribution in [2.24, 2.45) is 0 Å². The van der Waals surface area contributed by atoms with Crippen molar-refractivity contribution < 1.29 is 19.0 Å². The molecule has 0 radical (unpaired) electrons. The van der Waals surface area contributed by atoms with Crippen LogP contribution in [0.5, 0.6) is 11.5 Å². The molecule has 4 aromatic rings. The van der Waals surface area contributed by atoms with E-state index in [1.54, 1.807) is 24.3 Å². The van der Waals surface area contributed by atoms with Crippen molar-refractivity contribution in [1.82, 2.24) is 0 Å². The monoisotopic (exact) mass is 323 g/mol. The lowest BCUT2D eigenvalue weighted by Gasteiger charge is -2.06. The third kappa shape index (κ3) is 2.07. The van der Waals surface area contributed by atoms with E-state index in [0.717, 1.165) is 10.8 Å². The highest BCUT2D eigenvalue weighted by molar-refractivity contribution is 7.37. The molecular weight excluding hydrogens is 311 g/mol. The molecule has 23 heavy (non-hydrogen) atoms. The zero-order valence-corrected chi connectivity index (χ0v) is 12.8. The molecule has 0 amide bonds. The number of benzene rings is 3. The van der Waals surface area contributed by atoms with Crippen molar-refractivity contribution in [3.63, 3.8) is 0 Å². The number of rotatable bonds is 1. The molecule has 4 nitrogen and oxygen atoms in total. The molecule has 0 bridgehead atoms. The second-order valence-electron chi connectivity index (χ2n) is 5.22. The molecule has 1 atom stereocenters. The van der Waals surface area contributed by atoms with Crippen LogP contribution in [0.2, 0.25) is 0 Å². The number of fused-ring (bicyclic) bond motifs is 3. The first-order valence-electron chi connectivity index (χ1n) is 7.06. The van der Waals surface area contributed by atoms with E-state index in [-0.39, 0.29) is 11.5 Å². The average molecular weight is 323 g/mol. The fraction of sp³-hybridized carbons (Fsp3) is 0. The van der Waals surface area contributed by atoms with Gasteiger partial charge in [-0.3, -0.25) is 0 Å². The first-order valence-corrected chi connectivity index (χ1v) is 8.23. The van der Waals surface area contributed by atoms with E-state index in [2.05, 4.69) is 0 Å². The van der Waals surface area contributed by atoms with Gasteiger partial charge in [0.2, 0.25) is 5.12 Å². The van der Waals surface area contributed by atoms with Gasteiger partial charge in [-0.15, -0.1) is 0 Å². The summed E-state index contributed by atoms with van der Waals surface area (Å²) >= 11 is 0. The third-order valence-electron chi connectivity index (χ3n) is 3.88. The quantitative estimate of drug-likeness (QED) is 0.363. The molecule has 112 valence electrons. The second-order valence-corrected chi connectivity index (χ2v) is 6.36. The minimum atomic E-state index is -2.10. The molecule has 0 saturated carbocycles. The average Bonchev–Trinajstić information content (AvgIpc) is 2.57. The molecule has 1 heterocycles. The Hall–Kier alpha value is -2.84. The number of phenolic OH excluding ortho intramolecular Hbond substituents is 2. The molecule has 2 N–H and O–H groups in total. The largest absolute Gasteiger partial charge is 0.598 e. The van der Waals surface area contributed by atoms with E-state index in [9.17, 15) is 14.8 Å². The Labute approximate surface area is 132 Å². The molecule has 5 heteroatoms. The van der Waals surface area contributed by atoms with Crippen LogP contribution in [0.1, 0.15) is 0 Å². The first kappa shape index (κ1) is 13.8. The Kier molecular flexibility index (Phi) is 3.07. The predicted octanol–water partition coefficient (Wildman–Crippen LogP) is 5.41. The predicted molar refractivity (Wildman–Crippen MR) is 90.1 cm³/mol. The summed E-state index contributed by atoms with van der Waals surface area (Å²) in [4.78, 5) is 0. The Morgan fingerprint density at radius 3 is 2.35 bits per heavy atom. The van der Waals surface area contributed by atoms with Crippen LogP contribution < -0.4 is 0 Å². The summed E-state index contributed by atoms with van der Waals surface area (Å²) in [6.07, 6.45) is 0. The maximum absolute atomic E-state index is 12.6. The van der Waals surface area contributed by atoms with Gasteiger partial charge in [0.15, 0.2) is 17.1 Å². The van der Waals surface area contributed by atoms with Crippen molar-refractivity contribution in [2.45, 2.75) is 0 Å². The Bertz CT molecular complexity index is 1110. The Balaban J connectivity index is 2.19. The summed E-state index contributed by atoms with van der Waals surface area (Å²) in [5.74, 6) is -0.449. The number of hydrogen-bond donors (Lipinski definition) is 2. The normalized spacial score (nSPS) is 11.9. The molecule has 4 rings (SSSR count). The van der Waals surface area contributed by atoms with Crippen molar-refractivity contribution in [1.29, 1.82) is 0 Å². The number of aromatic hydroxyl groups is 2. The maximum Gasteiger partial charge on any atom is 0.598 e. The fourth-order valence-corrected chi connectivity index (χ4v) is 4.04. The lowest BCUT2D eigenvalue weighted by Crippen LogP contribution is -1.83. The molecule has 0 saturated heterocycles.